The van der Waals surface area contributed by atoms with Crippen LogP contribution in [0.4, 0.5) is 0 Å². The van der Waals surface area contributed by atoms with Crippen LogP contribution in [0, 0.1) is 0 Å². The molecule has 0 N–H and O–H groups in total. The van der Waals surface area contributed by atoms with Crippen molar-refractivity contribution >= 4 is 11.9 Å². The van der Waals surface area contributed by atoms with Gasteiger partial charge in [0.25, 0.3) is 0 Å². The second kappa shape index (κ2) is 16.3. The smallest absolute Gasteiger partial charge is 0.332 e. The van der Waals surface area contributed by atoms with Gasteiger partial charge in [-0.15, -0.1) is 0 Å². The van der Waals surface area contributed by atoms with Crippen molar-refractivity contribution in [2.75, 3.05) is 28.2 Å². The number of hydrogen-bond acceptors (Lipinski definition) is 8. The number of nitrogens with zero attached hydrogens (tertiary/aromatic N) is 4. The van der Waals surface area contributed by atoms with E-state index in [1.54, 1.807) is 12.4 Å². The van der Waals surface area contributed by atoms with Crippen LogP contribution in [0.2, 0.25) is 0 Å². The summed E-state index contributed by atoms with van der Waals surface area (Å²) in [6, 6.07) is 31.6. The fraction of sp³-hybridized carbons (Fsp3) is 0.278. The summed E-state index contributed by atoms with van der Waals surface area (Å²) in [7, 11) is 7.40. The molecule has 0 radical (unpaired) electrons. The van der Waals surface area contributed by atoms with Crippen LogP contribution < -0.4 is 0 Å². The van der Waals surface area contributed by atoms with Gasteiger partial charge >= 0.3 is 11.9 Å². The average Bonchev–Trinajstić information content (AvgIpc) is 3.05. The lowest BCUT2D eigenvalue weighted by Crippen LogP contribution is -2.35. The quantitative estimate of drug-likeness (QED) is 0.106. The Hall–Kier alpha value is -4.66. The standard InChI is InChI=1S/C36H40N4O4/c1-39(2)33(25-29(27-15-7-5-8-16-27)31-19-11-13-23-37-31)43-35(41)21-22-36(42)44-34(40(3)4)26-30(28-17-9-6-10-18-28)32-20-12-14-24-38-32/h5-24,29-30,33-34H,25-26H2,1-4H3/b22-21-. The maximum atomic E-state index is 12.9. The molecule has 0 amide bonds. The summed E-state index contributed by atoms with van der Waals surface area (Å²) in [5, 5.41) is 0. The van der Waals surface area contributed by atoms with E-state index in [0.29, 0.717) is 12.8 Å². The number of benzene rings is 2. The van der Waals surface area contributed by atoms with E-state index in [1.165, 1.54) is 0 Å². The molecule has 4 aromatic rings. The van der Waals surface area contributed by atoms with Gasteiger partial charge in [0.2, 0.25) is 0 Å². The highest BCUT2D eigenvalue weighted by Crippen LogP contribution is 2.30. The molecule has 0 aliphatic heterocycles. The Morgan fingerprint density at radius 1 is 0.591 bits per heavy atom. The molecule has 2 aromatic carbocycles. The molecule has 4 atom stereocenters. The number of hydrogen-bond donors (Lipinski definition) is 0. The fourth-order valence-corrected chi connectivity index (χ4v) is 5.00. The van der Waals surface area contributed by atoms with Gasteiger partial charge in [-0.2, -0.15) is 0 Å². The summed E-state index contributed by atoms with van der Waals surface area (Å²) < 4.78 is 11.6. The van der Waals surface area contributed by atoms with Gasteiger partial charge in [-0.1, -0.05) is 72.8 Å². The van der Waals surface area contributed by atoms with Crippen molar-refractivity contribution in [3.63, 3.8) is 0 Å². The third kappa shape index (κ3) is 9.42. The molecule has 0 saturated heterocycles. The first kappa shape index (κ1) is 32.3. The summed E-state index contributed by atoms with van der Waals surface area (Å²) in [4.78, 5) is 38.6. The highest BCUT2D eigenvalue weighted by atomic mass is 16.6. The second-order valence-corrected chi connectivity index (χ2v) is 11.0. The van der Waals surface area contributed by atoms with Crippen LogP contribution in [0.15, 0.2) is 122 Å². The van der Waals surface area contributed by atoms with E-state index in [4.69, 9.17) is 9.47 Å². The molecule has 0 spiro atoms. The lowest BCUT2D eigenvalue weighted by Gasteiger charge is -2.28. The molecule has 2 heterocycles. The number of rotatable bonds is 14. The zero-order valence-electron chi connectivity index (χ0n) is 25.7. The van der Waals surface area contributed by atoms with Crippen LogP contribution in [-0.4, -0.2) is 72.4 Å². The highest BCUT2D eigenvalue weighted by molar-refractivity contribution is 5.91. The predicted molar refractivity (Wildman–Crippen MR) is 171 cm³/mol. The lowest BCUT2D eigenvalue weighted by molar-refractivity contribution is -0.154. The van der Waals surface area contributed by atoms with Crippen molar-refractivity contribution in [1.29, 1.82) is 0 Å². The Morgan fingerprint density at radius 2 is 0.955 bits per heavy atom. The third-order valence-electron chi connectivity index (χ3n) is 7.38. The van der Waals surface area contributed by atoms with Crippen molar-refractivity contribution in [2.24, 2.45) is 0 Å². The number of pyridine rings is 2. The fourth-order valence-electron chi connectivity index (χ4n) is 5.00. The Morgan fingerprint density at radius 3 is 1.27 bits per heavy atom. The number of ether oxygens (including phenoxy) is 2. The SMILES string of the molecule is CN(C)C(CC(c1ccccc1)c1ccccn1)OC(=O)/C=C\C(=O)OC(CC(c1ccccc1)c1ccccn1)N(C)C. The number of carbonyl (C=O) groups is 2. The van der Waals surface area contributed by atoms with E-state index in [1.807, 2.05) is 135 Å². The second-order valence-electron chi connectivity index (χ2n) is 11.0. The number of esters is 2. The molecule has 2 aromatic heterocycles. The molecule has 44 heavy (non-hydrogen) atoms. The van der Waals surface area contributed by atoms with Gasteiger partial charge in [-0.25, -0.2) is 9.59 Å². The Labute approximate surface area is 260 Å². The van der Waals surface area contributed by atoms with Crippen LogP contribution in [-0.2, 0) is 19.1 Å². The molecule has 4 rings (SSSR count). The molecule has 0 fully saturated rings. The summed E-state index contributed by atoms with van der Waals surface area (Å²) in [6.07, 6.45) is 5.61. The van der Waals surface area contributed by atoms with E-state index in [2.05, 4.69) is 9.97 Å². The lowest BCUT2D eigenvalue weighted by atomic mass is 9.91. The van der Waals surface area contributed by atoms with Crippen molar-refractivity contribution < 1.29 is 19.1 Å². The van der Waals surface area contributed by atoms with Crippen LogP contribution >= 0.6 is 0 Å². The van der Waals surface area contributed by atoms with E-state index < -0.39 is 24.4 Å². The van der Waals surface area contributed by atoms with E-state index in [9.17, 15) is 9.59 Å². The van der Waals surface area contributed by atoms with E-state index >= 15 is 0 Å². The monoisotopic (exact) mass is 592 g/mol. The number of aromatic nitrogens is 2. The summed E-state index contributed by atoms with van der Waals surface area (Å²) >= 11 is 0. The Bertz CT molecular complexity index is 1270. The molecular formula is C36H40N4O4. The molecule has 0 bridgehead atoms. The van der Waals surface area contributed by atoms with Crippen LogP contribution in [0.5, 0.6) is 0 Å². The van der Waals surface area contributed by atoms with Crippen LogP contribution in [0.1, 0.15) is 47.2 Å². The first-order valence-corrected chi connectivity index (χ1v) is 14.7. The van der Waals surface area contributed by atoms with Gasteiger partial charge < -0.3 is 9.47 Å². The normalized spacial score (nSPS) is 14.2. The first-order chi connectivity index (χ1) is 21.3. The molecule has 0 aliphatic carbocycles. The maximum absolute atomic E-state index is 12.9. The third-order valence-corrected chi connectivity index (χ3v) is 7.38. The minimum atomic E-state index is -0.634. The van der Waals surface area contributed by atoms with Gasteiger partial charge in [0.15, 0.2) is 12.5 Å². The topological polar surface area (TPSA) is 84.9 Å². The largest absolute Gasteiger partial charge is 0.443 e. The molecule has 8 nitrogen and oxygen atoms in total. The maximum Gasteiger partial charge on any atom is 0.332 e. The first-order valence-electron chi connectivity index (χ1n) is 14.7. The Balaban J connectivity index is 1.42. The van der Waals surface area contributed by atoms with Gasteiger partial charge in [0, 0.05) is 60.6 Å². The van der Waals surface area contributed by atoms with Crippen molar-refractivity contribution in [3.8, 4) is 0 Å². The zero-order valence-corrected chi connectivity index (χ0v) is 25.7. The molecular weight excluding hydrogens is 552 g/mol. The highest BCUT2D eigenvalue weighted by Gasteiger charge is 2.26. The molecule has 0 aliphatic rings. The molecule has 8 heteroatoms. The summed E-state index contributed by atoms with van der Waals surface area (Å²) in [5.74, 6) is -1.45. The van der Waals surface area contributed by atoms with Gasteiger partial charge in [0.05, 0.1) is 0 Å². The Kier molecular flexibility index (Phi) is 11.9. The van der Waals surface area contributed by atoms with Crippen molar-refractivity contribution in [3.05, 3.63) is 144 Å². The zero-order chi connectivity index (χ0) is 31.3. The predicted octanol–water partition coefficient (Wildman–Crippen LogP) is 5.64. The molecule has 4 unspecified atom stereocenters. The minimum Gasteiger partial charge on any atom is -0.443 e. The van der Waals surface area contributed by atoms with Crippen LogP contribution in [0.25, 0.3) is 0 Å². The van der Waals surface area contributed by atoms with E-state index in [0.717, 1.165) is 34.7 Å². The average molecular weight is 593 g/mol. The van der Waals surface area contributed by atoms with Crippen molar-refractivity contribution in [2.45, 2.75) is 37.1 Å². The minimum absolute atomic E-state index is 0.0935. The van der Waals surface area contributed by atoms with E-state index in [-0.39, 0.29) is 11.8 Å². The van der Waals surface area contributed by atoms with Crippen molar-refractivity contribution in [1.82, 2.24) is 19.8 Å². The summed E-state index contributed by atoms with van der Waals surface area (Å²) in [6.45, 7) is 0. The van der Waals surface area contributed by atoms with Gasteiger partial charge in [-0.3, -0.25) is 19.8 Å². The molecule has 0 saturated carbocycles. The van der Waals surface area contributed by atoms with Crippen LogP contribution in [0.3, 0.4) is 0 Å². The number of carbonyl (C=O) groups excluding carboxylic acids is 2. The van der Waals surface area contributed by atoms with Gasteiger partial charge in [0.1, 0.15) is 0 Å². The summed E-state index contributed by atoms with van der Waals surface area (Å²) in [5.41, 5.74) is 3.91. The van der Waals surface area contributed by atoms with Gasteiger partial charge in [-0.05, 0) is 63.6 Å². The molecule has 228 valence electrons.